The third kappa shape index (κ3) is 5.92. The van der Waals surface area contributed by atoms with Gasteiger partial charge in [0, 0.05) is 68.3 Å². The smallest absolute Gasteiger partial charge is 0.274 e. The van der Waals surface area contributed by atoms with Gasteiger partial charge in [-0.25, -0.2) is 9.37 Å². The van der Waals surface area contributed by atoms with E-state index in [1.54, 1.807) is 24.2 Å². The third-order valence-corrected chi connectivity index (χ3v) is 11.2. The molecule has 0 saturated carbocycles. The highest BCUT2D eigenvalue weighted by molar-refractivity contribution is 6.07. The molecule has 8 rings (SSSR count). The largest absolute Gasteiger partial charge is 0.392 e. The van der Waals surface area contributed by atoms with E-state index in [0.29, 0.717) is 65.1 Å². The molecule has 6 heterocycles. The van der Waals surface area contributed by atoms with Crippen LogP contribution < -0.4 is 20.7 Å². The highest BCUT2D eigenvalue weighted by Gasteiger charge is 2.38. The summed E-state index contributed by atoms with van der Waals surface area (Å²) in [6, 6.07) is 11.4. The van der Waals surface area contributed by atoms with Crippen LogP contribution in [0, 0.1) is 11.2 Å². The molecule has 1 aromatic carbocycles. The molecule has 268 valence electrons. The van der Waals surface area contributed by atoms with E-state index in [-0.39, 0.29) is 22.6 Å². The second kappa shape index (κ2) is 12.6. The number of piperazine rings is 1. The van der Waals surface area contributed by atoms with Gasteiger partial charge < -0.3 is 34.1 Å². The monoisotopic (exact) mass is 695 g/mol. The molecule has 4 aliphatic rings. The molecule has 12 heteroatoms. The van der Waals surface area contributed by atoms with E-state index in [2.05, 4.69) is 52.4 Å². The molecule has 2 unspecified atom stereocenters. The van der Waals surface area contributed by atoms with Crippen molar-refractivity contribution >= 4 is 28.8 Å². The molecule has 0 bridgehead atoms. The van der Waals surface area contributed by atoms with Crippen LogP contribution in [0.5, 0.6) is 0 Å². The molecule has 0 spiro atoms. The number of amides is 1. The van der Waals surface area contributed by atoms with Crippen LogP contribution in [0.3, 0.4) is 0 Å². The zero-order chi connectivity index (χ0) is 35.8. The predicted molar refractivity (Wildman–Crippen MR) is 195 cm³/mol. The average molecular weight is 696 g/mol. The fourth-order valence-electron chi connectivity index (χ4n) is 8.58. The zero-order valence-corrected chi connectivity index (χ0v) is 29.9. The first-order valence-electron chi connectivity index (χ1n) is 17.9. The third-order valence-electron chi connectivity index (χ3n) is 11.2. The summed E-state index contributed by atoms with van der Waals surface area (Å²) in [5, 5.41) is 13.9. The minimum Gasteiger partial charge on any atom is -0.392 e. The number of carbonyl (C=O) groups is 1. The van der Waals surface area contributed by atoms with Crippen molar-refractivity contribution in [1.82, 2.24) is 19.0 Å². The number of aliphatic hydroxyl groups is 1. The molecular weight excluding hydrogens is 649 g/mol. The maximum atomic E-state index is 15.4. The van der Waals surface area contributed by atoms with E-state index in [0.717, 1.165) is 44.8 Å². The zero-order valence-electron chi connectivity index (χ0n) is 29.9. The molecule has 0 radical (unpaired) electrons. The summed E-state index contributed by atoms with van der Waals surface area (Å²) < 4.78 is 24.4. The first-order valence-corrected chi connectivity index (χ1v) is 17.9. The Morgan fingerprint density at radius 3 is 2.55 bits per heavy atom. The van der Waals surface area contributed by atoms with Crippen LogP contribution in [-0.4, -0.2) is 81.0 Å². The Hall–Kier alpha value is -4.52. The molecule has 2 saturated heterocycles. The highest BCUT2D eigenvalue weighted by atomic mass is 19.1. The molecule has 3 aromatic heterocycles. The van der Waals surface area contributed by atoms with E-state index in [1.165, 1.54) is 28.0 Å². The summed E-state index contributed by atoms with van der Waals surface area (Å²) in [7, 11) is 1.63. The minimum atomic E-state index is -0.541. The first-order chi connectivity index (χ1) is 24.4. The van der Waals surface area contributed by atoms with Gasteiger partial charge in [-0.2, -0.15) is 0 Å². The second-order valence-electron chi connectivity index (χ2n) is 15.6. The number of nitrogens with zero attached hydrogens (tertiary/aromatic N) is 6. The number of hydrogen-bond donors (Lipinski definition) is 2. The number of aliphatic hydroxyl groups excluding tert-OH is 1. The van der Waals surface area contributed by atoms with Gasteiger partial charge in [-0.3, -0.25) is 14.5 Å². The van der Waals surface area contributed by atoms with Gasteiger partial charge in [0.1, 0.15) is 23.0 Å². The number of anilines is 4. The summed E-state index contributed by atoms with van der Waals surface area (Å²) in [6.07, 6.45) is 5.27. The maximum Gasteiger partial charge on any atom is 0.274 e. The van der Waals surface area contributed by atoms with Crippen molar-refractivity contribution < 1.29 is 19.0 Å². The Balaban J connectivity index is 1.06. The lowest BCUT2D eigenvalue weighted by atomic mass is 9.90. The fraction of sp³-hybridized carbons (Fsp3) is 0.462. The molecule has 2 atom stereocenters. The van der Waals surface area contributed by atoms with Crippen LogP contribution in [-0.2, 0) is 37.8 Å². The molecule has 2 fully saturated rings. The minimum absolute atomic E-state index is 0.163. The van der Waals surface area contributed by atoms with Crippen molar-refractivity contribution in [2.45, 2.75) is 71.8 Å². The van der Waals surface area contributed by atoms with Crippen LogP contribution >= 0.6 is 0 Å². The fourth-order valence-corrected chi connectivity index (χ4v) is 8.58. The molecule has 2 N–H and O–H groups in total. The van der Waals surface area contributed by atoms with Crippen molar-refractivity contribution in [2.24, 2.45) is 12.5 Å². The lowest BCUT2D eigenvalue weighted by Crippen LogP contribution is -2.63. The Kier molecular flexibility index (Phi) is 8.31. The summed E-state index contributed by atoms with van der Waals surface area (Å²) in [5.41, 5.74) is 5.83. The molecule has 1 amide bonds. The van der Waals surface area contributed by atoms with E-state index >= 15 is 4.39 Å². The lowest BCUT2D eigenvalue weighted by Gasteiger charge is -2.50. The Morgan fingerprint density at radius 1 is 1.04 bits per heavy atom. The molecule has 4 aromatic rings. The van der Waals surface area contributed by atoms with Gasteiger partial charge in [-0.1, -0.05) is 13.8 Å². The maximum absolute atomic E-state index is 15.4. The van der Waals surface area contributed by atoms with Crippen LogP contribution in [0.4, 0.5) is 27.3 Å². The van der Waals surface area contributed by atoms with Gasteiger partial charge in [0.15, 0.2) is 0 Å². The normalized spacial score (nSPS) is 21.8. The van der Waals surface area contributed by atoms with Gasteiger partial charge in [0.2, 0.25) is 0 Å². The summed E-state index contributed by atoms with van der Waals surface area (Å²) >= 11 is 0. The van der Waals surface area contributed by atoms with Crippen molar-refractivity contribution in [3.8, 4) is 11.1 Å². The number of halogens is 1. The molecular formula is C39H46FN7O4. The van der Waals surface area contributed by atoms with Gasteiger partial charge in [0.05, 0.1) is 43.4 Å². The lowest BCUT2D eigenvalue weighted by molar-refractivity contribution is -0.0828. The van der Waals surface area contributed by atoms with E-state index in [1.807, 2.05) is 24.4 Å². The van der Waals surface area contributed by atoms with Crippen molar-refractivity contribution in [3.05, 3.63) is 87.5 Å². The van der Waals surface area contributed by atoms with Crippen LogP contribution in [0.15, 0.2) is 53.6 Å². The van der Waals surface area contributed by atoms with Gasteiger partial charge in [-0.05, 0) is 79.6 Å². The Bertz CT molecular complexity index is 2070. The Labute approximate surface area is 297 Å². The summed E-state index contributed by atoms with van der Waals surface area (Å²) in [5.74, 6) is -0.254. The van der Waals surface area contributed by atoms with Crippen LogP contribution in [0.25, 0.3) is 11.1 Å². The number of rotatable bonds is 7. The van der Waals surface area contributed by atoms with Crippen LogP contribution in [0.2, 0.25) is 0 Å². The topological polar surface area (TPSA) is 108 Å². The second-order valence-corrected chi connectivity index (χ2v) is 15.6. The standard InChI is InChI=1S/C39H46FN7O4/c1-23-18-47(29-21-51-22-29)24(2)17-46(23)28-6-7-36(41-16-28)42-32-10-26(19-43(5)37(32)49)30-12-27(40)13-33(31(30)20-48)45-9-8-44-34(38(45)50)11-25-14-39(3,4)15-35(25)44/h6-7,10-13,16,19,23-24,29,48H,8-9,14-15,17-18,20-22H2,1-5H3,(H,41,42). The number of hydrogen-bond acceptors (Lipinski definition) is 8. The van der Waals surface area contributed by atoms with Crippen molar-refractivity contribution in [2.75, 3.05) is 48.0 Å². The number of fused-ring (bicyclic) bond motifs is 3. The van der Waals surface area contributed by atoms with Gasteiger partial charge in [-0.15, -0.1) is 0 Å². The predicted octanol–water partition coefficient (Wildman–Crippen LogP) is 4.71. The molecule has 51 heavy (non-hydrogen) atoms. The van der Waals surface area contributed by atoms with E-state index in [4.69, 9.17) is 4.74 Å². The molecule has 11 nitrogen and oxygen atoms in total. The van der Waals surface area contributed by atoms with E-state index in [9.17, 15) is 14.7 Å². The number of aromatic nitrogens is 3. The molecule has 3 aliphatic heterocycles. The van der Waals surface area contributed by atoms with Gasteiger partial charge in [0.25, 0.3) is 11.5 Å². The highest BCUT2D eigenvalue weighted by Crippen LogP contribution is 2.41. The van der Waals surface area contributed by atoms with Gasteiger partial charge >= 0.3 is 0 Å². The quantitative estimate of drug-likeness (QED) is 0.287. The average Bonchev–Trinajstić information content (AvgIpc) is 3.56. The van der Waals surface area contributed by atoms with Crippen LogP contribution in [0.1, 0.15) is 55.0 Å². The number of pyridine rings is 2. The number of benzene rings is 1. The SMILES string of the molecule is CC1CN(C2COC2)C(C)CN1c1ccc(Nc2cc(-c3cc(F)cc(N4CCn5c(cc6c5CC(C)(C)C6)C4=O)c3CO)cn(C)c2=O)nc1. The summed E-state index contributed by atoms with van der Waals surface area (Å²) in [6.45, 7) is 12.9. The number of ether oxygens (including phenoxy) is 1. The van der Waals surface area contributed by atoms with Crippen molar-refractivity contribution in [3.63, 3.8) is 0 Å². The van der Waals surface area contributed by atoms with E-state index < -0.39 is 12.4 Å². The first kappa shape index (κ1) is 33.6. The number of carbonyl (C=O) groups excluding carboxylic acids is 1. The number of aryl methyl sites for hydroxylation is 1. The molecule has 1 aliphatic carbocycles. The van der Waals surface area contributed by atoms with Crippen molar-refractivity contribution in [1.29, 1.82) is 0 Å². The Morgan fingerprint density at radius 2 is 1.84 bits per heavy atom. The number of nitrogens with one attached hydrogen (secondary N) is 1. The summed E-state index contributed by atoms with van der Waals surface area (Å²) in [4.78, 5) is 38.4.